The third-order valence-corrected chi connectivity index (χ3v) is 3.66. The van der Waals surface area contributed by atoms with Gasteiger partial charge in [-0.15, -0.1) is 0 Å². The monoisotopic (exact) mass is 186 g/mol. The Hall–Kier alpha value is -0.0800. The van der Waals surface area contributed by atoms with Gasteiger partial charge in [0.25, 0.3) is 0 Å². The van der Waals surface area contributed by atoms with Gasteiger partial charge in [-0.1, -0.05) is 19.3 Å². The van der Waals surface area contributed by atoms with Crippen LogP contribution in [-0.2, 0) is 9.47 Å². The van der Waals surface area contributed by atoms with Crippen molar-refractivity contribution in [3.8, 4) is 0 Å². The molecule has 1 aliphatic rings. The molecular weight excluding hydrogens is 164 g/mol. The number of rotatable bonds is 3. The summed E-state index contributed by atoms with van der Waals surface area (Å²) in [5, 5.41) is 0. The lowest BCUT2D eigenvalue weighted by atomic mass is 9.74. The minimum absolute atomic E-state index is 0.0556. The van der Waals surface area contributed by atoms with Crippen molar-refractivity contribution in [2.45, 2.75) is 57.2 Å². The maximum absolute atomic E-state index is 5.71. The smallest absolute Gasteiger partial charge is 0.0961 e. The van der Waals surface area contributed by atoms with Gasteiger partial charge in [-0.25, -0.2) is 0 Å². The molecule has 1 rings (SSSR count). The number of hydrogen-bond donors (Lipinski definition) is 0. The highest BCUT2D eigenvalue weighted by Crippen LogP contribution is 2.41. The lowest BCUT2D eigenvalue weighted by Gasteiger charge is -2.47. The van der Waals surface area contributed by atoms with E-state index in [2.05, 4.69) is 13.8 Å². The fourth-order valence-electron chi connectivity index (χ4n) is 2.36. The molecule has 0 saturated heterocycles. The van der Waals surface area contributed by atoms with E-state index in [1.54, 1.807) is 7.11 Å². The second kappa shape index (κ2) is 3.97. The molecule has 0 aromatic heterocycles. The zero-order chi connectivity index (χ0) is 9.95. The highest BCUT2D eigenvalue weighted by Gasteiger charge is 2.46. The van der Waals surface area contributed by atoms with Gasteiger partial charge in [0, 0.05) is 14.2 Å². The zero-order valence-electron chi connectivity index (χ0n) is 9.35. The standard InChI is InChI=1S/C11H22O2/c1-10(2,12-3)11(13-4)8-6-5-7-9-11/h5-9H2,1-4H3. The minimum atomic E-state index is -0.165. The van der Waals surface area contributed by atoms with Crippen molar-refractivity contribution < 1.29 is 9.47 Å². The SMILES string of the molecule is COC(C)(C)C1(OC)CCCCC1. The predicted molar refractivity (Wildman–Crippen MR) is 53.9 cm³/mol. The van der Waals surface area contributed by atoms with E-state index >= 15 is 0 Å². The van der Waals surface area contributed by atoms with Crippen LogP contribution in [0.4, 0.5) is 0 Å². The fourth-order valence-corrected chi connectivity index (χ4v) is 2.36. The molecule has 1 aliphatic carbocycles. The third-order valence-electron chi connectivity index (χ3n) is 3.66. The van der Waals surface area contributed by atoms with E-state index in [1.807, 2.05) is 7.11 Å². The van der Waals surface area contributed by atoms with Crippen molar-refractivity contribution in [2.24, 2.45) is 0 Å². The molecule has 1 fully saturated rings. The van der Waals surface area contributed by atoms with Crippen LogP contribution in [0.15, 0.2) is 0 Å². The first-order chi connectivity index (χ1) is 6.08. The van der Waals surface area contributed by atoms with Crippen molar-refractivity contribution >= 4 is 0 Å². The minimum Gasteiger partial charge on any atom is -0.376 e. The summed E-state index contributed by atoms with van der Waals surface area (Å²) >= 11 is 0. The lowest BCUT2D eigenvalue weighted by Crippen LogP contribution is -2.53. The molecule has 0 unspecified atom stereocenters. The summed E-state index contributed by atoms with van der Waals surface area (Å²) in [7, 11) is 3.58. The summed E-state index contributed by atoms with van der Waals surface area (Å²) in [5.74, 6) is 0. The van der Waals surface area contributed by atoms with Crippen LogP contribution < -0.4 is 0 Å². The van der Waals surface area contributed by atoms with Gasteiger partial charge in [0.05, 0.1) is 11.2 Å². The Labute approximate surface area is 81.6 Å². The molecule has 0 radical (unpaired) electrons. The number of hydrogen-bond acceptors (Lipinski definition) is 2. The molecule has 0 amide bonds. The molecule has 0 atom stereocenters. The average Bonchev–Trinajstić information content (AvgIpc) is 2.18. The molecule has 0 N–H and O–H groups in total. The summed E-state index contributed by atoms with van der Waals surface area (Å²) in [6, 6.07) is 0. The van der Waals surface area contributed by atoms with Gasteiger partial charge in [0.15, 0.2) is 0 Å². The van der Waals surface area contributed by atoms with Crippen molar-refractivity contribution in [1.29, 1.82) is 0 Å². The second-order valence-corrected chi connectivity index (χ2v) is 4.47. The van der Waals surface area contributed by atoms with E-state index in [4.69, 9.17) is 9.47 Å². The summed E-state index contributed by atoms with van der Waals surface area (Å²) in [6.07, 6.45) is 6.13. The van der Waals surface area contributed by atoms with Crippen molar-refractivity contribution in [2.75, 3.05) is 14.2 Å². The number of ether oxygens (including phenoxy) is 2. The zero-order valence-corrected chi connectivity index (χ0v) is 9.35. The van der Waals surface area contributed by atoms with E-state index in [0.717, 1.165) is 12.8 Å². The Bertz CT molecular complexity index is 157. The van der Waals surface area contributed by atoms with Crippen LogP contribution in [0.3, 0.4) is 0 Å². The first kappa shape index (κ1) is 11.0. The maximum Gasteiger partial charge on any atom is 0.0961 e. The van der Waals surface area contributed by atoms with Crippen LogP contribution in [0.1, 0.15) is 46.0 Å². The Morgan fingerprint density at radius 3 is 1.92 bits per heavy atom. The van der Waals surface area contributed by atoms with Crippen LogP contribution in [-0.4, -0.2) is 25.4 Å². The van der Waals surface area contributed by atoms with E-state index in [9.17, 15) is 0 Å². The summed E-state index contributed by atoms with van der Waals surface area (Å²) in [4.78, 5) is 0. The van der Waals surface area contributed by atoms with Crippen LogP contribution in [0.5, 0.6) is 0 Å². The van der Waals surface area contributed by atoms with E-state index in [0.29, 0.717) is 0 Å². The van der Waals surface area contributed by atoms with Gasteiger partial charge in [-0.3, -0.25) is 0 Å². The Morgan fingerprint density at radius 1 is 1.00 bits per heavy atom. The average molecular weight is 186 g/mol. The molecular formula is C11H22O2. The molecule has 2 heteroatoms. The number of methoxy groups -OCH3 is 2. The molecule has 0 aromatic carbocycles. The largest absolute Gasteiger partial charge is 0.376 e. The molecule has 13 heavy (non-hydrogen) atoms. The van der Waals surface area contributed by atoms with Gasteiger partial charge in [-0.2, -0.15) is 0 Å². The third kappa shape index (κ3) is 1.89. The first-order valence-electron chi connectivity index (χ1n) is 5.18. The van der Waals surface area contributed by atoms with E-state index < -0.39 is 0 Å². The molecule has 2 nitrogen and oxygen atoms in total. The molecule has 0 heterocycles. The molecule has 0 aromatic rings. The Kier molecular flexibility index (Phi) is 3.36. The summed E-state index contributed by atoms with van der Waals surface area (Å²) in [5.41, 5.74) is -0.220. The fraction of sp³-hybridized carbons (Fsp3) is 1.00. The topological polar surface area (TPSA) is 18.5 Å². The van der Waals surface area contributed by atoms with E-state index in [1.165, 1.54) is 19.3 Å². The van der Waals surface area contributed by atoms with Crippen LogP contribution in [0.2, 0.25) is 0 Å². The maximum atomic E-state index is 5.71. The van der Waals surface area contributed by atoms with Crippen LogP contribution in [0.25, 0.3) is 0 Å². The van der Waals surface area contributed by atoms with Crippen LogP contribution in [0, 0.1) is 0 Å². The highest BCUT2D eigenvalue weighted by atomic mass is 16.5. The molecule has 0 aliphatic heterocycles. The Morgan fingerprint density at radius 2 is 1.54 bits per heavy atom. The highest BCUT2D eigenvalue weighted by molar-refractivity contribution is 4.98. The molecule has 0 spiro atoms. The van der Waals surface area contributed by atoms with Gasteiger partial charge < -0.3 is 9.47 Å². The van der Waals surface area contributed by atoms with Gasteiger partial charge in [0.2, 0.25) is 0 Å². The molecule has 0 bridgehead atoms. The Balaban J connectivity index is 2.78. The van der Waals surface area contributed by atoms with Crippen molar-refractivity contribution in [3.63, 3.8) is 0 Å². The quantitative estimate of drug-likeness (QED) is 0.674. The lowest BCUT2D eigenvalue weighted by molar-refractivity contribution is -0.182. The summed E-state index contributed by atoms with van der Waals surface area (Å²) in [6.45, 7) is 4.25. The second-order valence-electron chi connectivity index (χ2n) is 4.47. The molecule has 78 valence electrons. The van der Waals surface area contributed by atoms with Gasteiger partial charge >= 0.3 is 0 Å². The first-order valence-corrected chi connectivity index (χ1v) is 5.18. The molecule has 1 saturated carbocycles. The van der Waals surface area contributed by atoms with Crippen molar-refractivity contribution in [3.05, 3.63) is 0 Å². The summed E-state index contributed by atoms with van der Waals surface area (Å²) < 4.78 is 11.3. The van der Waals surface area contributed by atoms with Gasteiger partial charge in [0.1, 0.15) is 0 Å². The predicted octanol–water partition coefficient (Wildman–Crippen LogP) is 2.76. The normalized spacial score (nSPS) is 23.1. The van der Waals surface area contributed by atoms with Gasteiger partial charge in [-0.05, 0) is 26.7 Å². The van der Waals surface area contributed by atoms with Crippen molar-refractivity contribution in [1.82, 2.24) is 0 Å². The van der Waals surface area contributed by atoms with Crippen LogP contribution >= 0.6 is 0 Å². The van der Waals surface area contributed by atoms with E-state index in [-0.39, 0.29) is 11.2 Å².